The van der Waals surface area contributed by atoms with Gasteiger partial charge in [-0.05, 0) is 62.1 Å². The molecule has 0 bridgehead atoms. The van der Waals surface area contributed by atoms with Crippen LogP contribution in [0, 0.1) is 6.92 Å². The summed E-state index contributed by atoms with van der Waals surface area (Å²) in [6.07, 6.45) is 2.12. The Kier molecular flexibility index (Phi) is 10.4. The van der Waals surface area contributed by atoms with E-state index in [-0.39, 0.29) is 18.5 Å². The molecule has 192 valence electrons. The SMILES string of the molecule is CC[C@@H](C)NC(=O)[C@H](CC)N(Cc1ccccc1Cl)C(=O)CN(c1ccc(Cl)cc1C)S(C)(=O)=O. The number of carbonyl (C=O) groups is 2. The van der Waals surface area contributed by atoms with E-state index in [0.717, 1.165) is 17.0 Å². The molecule has 0 aliphatic heterocycles. The van der Waals surface area contributed by atoms with Crippen LogP contribution in [0.3, 0.4) is 0 Å². The van der Waals surface area contributed by atoms with Crippen LogP contribution in [0.4, 0.5) is 5.69 Å². The van der Waals surface area contributed by atoms with Crippen LogP contribution in [0.1, 0.15) is 44.7 Å². The van der Waals surface area contributed by atoms with Crippen molar-refractivity contribution in [3.8, 4) is 0 Å². The van der Waals surface area contributed by atoms with Gasteiger partial charge in [0.2, 0.25) is 21.8 Å². The third-order valence-electron chi connectivity index (χ3n) is 5.79. The number of sulfonamides is 1. The average Bonchev–Trinajstić information content (AvgIpc) is 2.78. The molecule has 0 spiro atoms. The van der Waals surface area contributed by atoms with Crippen LogP contribution in [0.2, 0.25) is 10.0 Å². The number of hydrogen-bond acceptors (Lipinski definition) is 4. The summed E-state index contributed by atoms with van der Waals surface area (Å²) in [5, 5.41) is 3.85. The number of halogens is 2. The van der Waals surface area contributed by atoms with Gasteiger partial charge >= 0.3 is 0 Å². The normalized spacial score (nSPS) is 13.1. The van der Waals surface area contributed by atoms with Crippen molar-refractivity contribution in [1.29, 1.82) is 0 Å². The van der Waals surface area contributed by atoms with Crippen molar-refractivity contribution in [2.45, 2.75) is 59.2 Å². The summed E-state index contributed by atoms with van der Waals surface area (Å²) in [5.41, 5.74) is 1.61. The summed E-state index contributed by atoms with van der Waals surface area (Å²) in [7, 11) is -3.82. The van der Waals surface area contributed by atoms with E-state index in [1.807, 2.05) is 20.8 Å². The molecule has 0 aromatic heterocycles. The van der Waals surface area contributed by atoms with Crippen molar-refractivity contribution in [3.63, 3.8) is 0 Å². The first-order valence-corrected chi connectivity index (χ1v) is 14.1. The van der Waals surface area contributed by atoms with E-state index in [1.54, 1.807) is 49.4 Å². The molecule has 0 saturated carbocycles. The lowest BCUT2D eigenvalue weighted by Gasteiger charge is -2.33. The molecule has 2 amide bonds. The summed E-state index contributed by atoms with van der Waals surface area (Å²) in [6, 6.07) is 11.0. The molecular formula is C25H33Cl2N3O4S. The van der Waals surface area contributed by atoms with Crippen molar-refractivity contribution >= 4 is 50.7 Å². The molecule has 2 rings (SSSR count). The van der Waals surface area contributed by atoms with Crippen LogP contribution in [-0.4, -0.2) is 50.0 Å². The average molecular weight is 543 g/mol. The van der Waals surface area contributed by atoms with Crippen LogP contribution in [0.15, 0.2) is 42.5 Å². The Morgan fingerprint density at radius 1 is 1.06 bits per heavy atom. The molecule has 2 aromatic carbocycles. The van der Waals surface area contributed by atoms with Gasteiger partial charge in [0.05, 0.1) is 11.9 Å². The molecule has 7 nitrogen and oxygen atoms in total. The molecule has 0 saturated heterocycles. The number of rotatable bonds is 11. The molecule has 0 aliphatic carbocycles. The predicted molar refractivity (Wildman–Crippen MR) is 142 cm³/mol. The Labute approximate surface area is 218 Å². The zero-order valence-electron chi connectivity index (χ0n) is 20.7. The number of amides is 2. The van der Waals surface area contributed by atoms with E-state index in [9.17, 15) is 18.0 Å². The highest BCUT2D eigenvalue weighted by Gasteiger charge is 2.32. The standard InChI is InChI=1S/C25H33Cl2N3O4S/c1-6-18(4)28-25(32)22(7-2)29(15-19-10-8-9-11-21(19)27)24(31)16-30(35(5,33)34)23-13-12-20(26)14-17(23)3/h8-14,18,22H,6-7,15-16H2,1-5H3,(H,28,32)/t18-,22+/m1/s1. The first-order chi connectivity index (χ1) is 16.4. The minimum atomic E-state index is -3.82. The Morgan fingerprint density at radius 2 is 1.71 bits per heavy atom. The predicted octanol–water partition coefficient (Wildman–Crippen LogP) is 4.79. The quantitative estimate of drug-likeness (QED) is 0.443. The van der Waals surface area contributed by atoms with Crippen LogP contribution in [0.5, 0.6) is 0 Å². The Hall–Kier alpha value is -2.29. The second kappa shape index (κ2) is 12.6. The molecule has 2 aromatic rings. The van der Waals surface area contributed by atoms with Gasteiger partial charge in [0.1, 0.15) is 12.6 Å². The summed E-state index contributed by atoms with van der Waals surface area (Å²) < 4.78 is 26.5. The number of carbonyl (C=O) groups excluding carboxylic acids is 2. The van der Waals surface area contributed by atoms with Crippen molar-refractivity contribution in [2.24, 2.45) is 0 Å². The highest BCUT2D eigenvalue weighted by atomic mass is 35.5. The number of aryl methyl sites for hydroxylation is 1. The van der Waals surface area contributed by atoms with Gasteiger partial charge in [0.15, 0.2) is 0 Å². The van der Waals surface area contributed by atoms with Gasteiger partial charge in [-0.1, -0.05) is 55.2 Å². The summed E-state index contributed by atoms with van der Waals surface area (Å²) >= 11 is 12.4. The van der Waals surface area contributed by atoms with Gasteiger partial charge in [-0.3, -0.25) is 13.9 Å². The molecule has 0 heterocycles. The van der Waals surface area contributed by atoms with Crippen LogP contribution >= 0.6 is 23.2 Å². The lowest BCUT2D eigenvalue weighted by Crippen LogP contribution is -2.53. The smallest absolute Gasteiger partial charge is 0.244 e. The molecule has 0 fully saturated rings. The molecule has 0 radical (unpaired) electrons. The fourth-order valence-corrected chi connectivity index (χ4v) is 4.99. The molecule has 0 unspecified atom stereocenters. The maximum absolute atomic E-state index is 13.7. The number of anilines is 1. The van der Waals surface area contributed by atoms with Gasteiger partial charge in [0, 0.05) is 22.6 Å². The van der Waals surface area contributed by atoms with Gasteiger partial charge in [-0.15, -0.1) is 0 Å². The number of benzene rings is 2. The third-order valence-corrected chi connectivity index (χ3v) is 7.52. The summed E-state index contributed by atoms with van der Waals surface area (Å²) in [5.74, 6) is -0.813. The van der Waals surface area contributed by atoms with E-state index >= 15 is 0 Å². The molecule has 10 heteroatoms. The van der Waals surface area contributed by atoms with E-state index in [1.165, 1.54) is 4.90 Å². The van der Waals surface area contributed by atoms with Crippen molar-refractivity contribution in [2.75, 3.05) is 17.1 Å². The van der Waals surface area contributed by atoms with Gasteiger partial charge in [-0.25, -0.2) is 8.42 Å². The maximum atomic E-state index is 13.7. The second-order valence-electron chi connectivity index (χ2n) is 8.56. The minimum Gasteiger partial charge on any atom is -0.352 e. The van der Waals surface area contributed by atoms with Crippen LogP contribution in [0.25, 0.3) is 0 Å². The van der Waals surface area contributed by atoms with E-state index in [4.69, 9.17) is 23.2 Å². The summed E-state index contributed by atoms with van der Waals surface area (Å²) in [4.78, 5) is 28.2. The minimum absolute atomic E-state index is 0.0577. The Morgan fingerprint density at radius 3 is 2.26 bits per heavy atom. The molecule has 0 aliphatic rings. The first kappa shape index (κ1) is 28.9. The first-order valence-electron chi connectivity index (χ1n) is 11.5. The fourth-order valence-electron chi connectivity index (χ4n) is 3.66. The zero-order valence-corrected chi connectivity index (χ0v) is 23.0. The number of nitrogens with one attached hydrogen (secondary N) is 1. The van der Waals surface area contributed by atoms with E-state index in [2.05, 4.69) is 5.32 Å². The number of nitrogens with zero attached hydrogens (tertiary/aromatic N) is 2. The van der Waals surface area contributed by atoms with Crippen LogP contribution < -0.4 is 9.62 Å². The van der Waals surface area contributed by atoms with E-state index in [0.29, 0.717) is 33.3 Å². The Bertz CT molecular complexity index is 1160. The number of hydrogen-bond donors (Lipinski definition) is 1. The largest absolute Gasteiger partial charge is 0.352 e. The van der Waals surface area contributed by atoms with Crippen molar-refractivity contribution < 1.29 is 18.0 Å². The van der Waals surface area contributed by atoms with E-state index < -0.39 is 28.5 Å². The van der Waals surface area contributed by atoms with Gasteiger partial charge in [-0.2, -0.15) is 0 Å². The molecule has 2 atom stereocenters. The highest BCUT2D eigenvalue weighted by Crippen LogP contribution is 2.27. The second-order valence-corrected chi connectivity index (χ2v) is 11.3. The summed E-state index contributed by atoms with van der Waals surface area (Å²) in [6.45, 7) is 6.96. The third kappa shape index (κ3) is 7.85. The highest BCUT2D eigenvalue weighted by molar-refractivity contribution is 7.92. The lowest BCUT2D eigenvalue weighted by molar-refractivity contribution is -0.140. The zero-order chi connectivity index (χ0) is 26.3. The fraction of sp³-hybridized carbons (Fsp3) is 0.440. The molecular weight excluding hydrogens is 509 g/mol. The molecule has 1 N–H and O–H groups in total. The van der Waals surface area contributed by atoms with Crippen molar-refractivity contribution in [3.05, 3.63) is 63.6 Å². The van der Waals surface area contributed by atoms with Gasteiger partial charge < -0.3 is 10.2 Å². The Balaban J connectivity index is 2.49. The molecule has 35 heavy (non-hydrogen) atoms. The topological polar surface area (TPSA) is 86.8 Å². The lowest BCUT2D eigenvalue weighted by atomic mass is 10.1. The van der Waals surface area contributed by atoms with Crippen LogP contribution in [-0.2, 0) is 26.2 Å². The van der Waals surface area contributed by atoms with Crippen molar-refractivity contribution in [1.82, 2.24) is 10.2 Å². The maximum Gasteiger partial charge on any atom is 0.244 e. The van der Waals surface area contributed by atoms with Gasteiger partial charge in [0.25, 0.3) is 0 Å². The monoisotopic (exact) mass is 541 g/mol.